The summed E-state index contributed by atoms with van der Waals surface area (Å²) in [5.74, 6) is -5.41. The molecule has 4 rings (SSSR count). The van der Waals surface area contributed by atoms with Gasteiger partial charge in [0.2, 0.25) is 0 Å². The van der Waals surface area contributed by atoms with Crippen LogP contribution in [0.5, 0.6) is 5.75 Å². The number of carboxylic acids is 4. The molecule has 3 aromatic carbocycles. The van der Waals surface area contributed by atoms with Crippen molar-refractivity contribution < 1.29 is 53.1 Å². The maximum Gasteiger partial charge on any atom is 0.328 e. The molecule has 1 saturated heterocycles. The third-order valence-corrected chi connectivity index (χ3v) is 6.76. The van der Waals surface area contributed by atoms with Crippen molar-refractivity contribution in [2.24, 2.45) is 0 Å². The predicted molar refractivity (Wildman–Crippen MR) is 174 cm³/mol. The van der Waals surface area contributed by atoms with Crippen molar-refractivity contribution in [3.05, 3.63) is 113 Å². The Hall–Kier alpha value is -5.11. The Bertz CT molecular complexity index is 1490. The van der Waals surface area contributed by atoms with Gasteiger partial charge in [0.15, 0.2) is 0 Å². The predicted octanol–water partition coefficient (Wildman–Crippen LogP) is 5.30. The second kappa shape index (κ2) is 20.9. The molecule has 0 spiro atoms. The zero-order chi connectivity index (χ0) is 35.5. The second-order valence-electron chi connectivity index (χ2n) is 10.1. The van der Waals surface area contributed by atoms with Crippen LogP contribution in [-0.2, 0) is 25.7 Å². The summed E-state index contributed by atoms with van der Waals surface area (Å²) in [7, 11) is 0. The van der Waals surface area contributed by atoms with Crippen LogP contribution in [0.2, 0.25) is 5.02 Å². The minimum absolute atomic E-state index is 0.383. The van der Waals surface area contributed by atoms with E-state index in [1.54, 1.807) is 12.1 Å². The summed E-state index contributed by atoms with van der Waals surface area (Å²) in [6.07, 6.45) is 3.18. The summed E-state index contributed by atoms with van der Waals surface area (Å²) in [4.78, 5) is 43.2. The van der Waals surface area contributed by atoms with Gasteiger partial charge < -0.3 is 30.1 Å². The zero-order valence-corrected chi connectivity index (χ0v) is 26.4. The molecule has 256 valence electrons. The van der Waals surface area contributed by atoms with Crippen LogP contribution in [0.4, 0.5) is 8.78 Å². The van der Waals surface area contributed by atoms with Crippen molar-refractivity contribution in [1.29, 1.82) is 0 Å². The van der Waals surface area contributed by atoms with Crippen molar-refractivity contribution in [1.82, 2.24) is 9.80 Å². The monoisotopic (exact) mass is 688 g/mol. The molecule has 0 aliphatic carbocycles. The Morgan fingerprint density at radius 1 is 0.708 bits per heavy atom. The molecule has 0 saturated carbocycles. The molecule has 0 unspecified atom stereocenters. The van der Waals surface area contributed by atoms with E-state index >= 15 is 0 Å². The third kappa shape index (κ3) is 16.5. The summed E-state index contributed by atoms with van der Waals surface area (Å²) in [5.41, 5.74) is 2.38. The van der Waals surface area contributed by atoms with Crippen LogP contribution >= 0.6 is 11.6 Å². The van der Waals surface area contributed by atoms with E-state index in [-0.39, 0.29) is 0 Å². The van der Waals surface area contributed by atoms with Crippen LogP contribution in [0, 0.1) is 11.6 Å². The summed E-state index contributed by atoms with van der Waals surface area (Å²) < 4.78 is 32.9. The van der Waals surface area contributed by atoms with Gasteiger partial charge in [-0.1, -0.05) is 35.9 Å². The Kier molecular flexibility index (Phi) is 17.0. The van der Waals surface area contributed by atoms with Crippen LogP contribution < -0.4 is 4.74 Å². The fourth-order valence-electron chi connectivity index (χ4n) is 4.24. The molecule has 11 nitrogen and oxygen atoms in total. The van der Waals surface area contributed by atoms with Gasteiger partial charge in [0, 0.05) is 80.2 Å². The molecule has 1 aliphatic heterocycles. The highest BCUT2D eigenvalue weighted by atomic mass is 35.5. The number of aliphatic carboxylic acids is 4. The van der Waals surface area contributed by atoms with Gasteiger partial charge in [-0.15, -0.1) is 0 Å². The molecule has 0 radical (unpaired) electrons. The first-order valence-electron chi connectivity index (χ1n) is 14.5. The molecule has 0 atom stereocenters. The van der Waals surface area contributed by atoms with Crippen LogP contribution in [0.3, 0.4) is 0 Å². The summed E-state index contributed by atoms with van der Waals surface area (Å²) in [6, 6.07) is 18.9. The first-order valence-corrected chi connectivity index (χ1v) is 14.9. The molecule has 1 fully saturated rings. The lowest BCUT2D eigenvalue weighted by molar-refractivity contribution is -0.134. The van der Waals surface area contributed by atoms with Gasteiger partial charge >= 0.3 is 23.9 Å². The third-order valence-electron chi connectivity index (χ3n) is 6.51. The molecule has 14 heteroatoms. The van der Waals surface area contributed by atoms with Crippen LogP contribution in [-0.4, -0.2) is 93.4 Å². The fraction of sp³-hybridized carbons (Fsp3) is 0.235. The number of piperazine rings is 1. The molecular weight excluding hydrogens is 654 g/mol. The zero-order valence-electron chi connectivity index (χ0n) is 25.7. The van der Waals surface area contributed by atoms with E-state index in [9.17, 15) is 28.0 Å². The highest BCUT2D eigenvalue weighted by Crippen LogP contribution is 2.25. The van der Waals surface area contributed by atoms with Gasteiger partial charge in [-0.2, -0.15) is 0 Å². The SMILES string of the molecule is Fc1ccc(-c2ccc(OCCCN3CCN(Cc4ccc(Cl)cc4)CC3)cc2)c(F)c1.O=C(O)/C=C\C(=O)O.O=C(O)/C=C\C(=O)O. The minimum Gasteiger partial charge on any atom is -0.494 e. The molecule has 1 aliphatic rings. The number of nitrogens with zero attached hydrogens (tertiary/aromatic N) is 2. The Morgan fingerprint density at radius 3 is 1.69 bits per heavy atom. The number of rotatable bonds is 12. The lowest BCUT2D eigenvalue weighted by atomic mass is 10.1. The number of halogens is 3. The van der Waals surface area contributed by atoms with E-state index < -0.39 is 35.5 Å². The standard InChI is InChI=1S/C26H27ClF2N2O.2C4H4O4/c27-22-6-2-20(3-7-22)19-31-15-13-30(14-16-31)12-1-17-32-24-9-4-21(5-10-24)25-11-8-23(28)18-26(25)29;2*5-3(6)1-2-4(7)8/h2-11,18H,1,12-17,19H2;2*1-2H,(H,5,6)(H,7,8)/b;2*2-1-. The van der Waals surface area contributed by atoms with Crippen LogP contribution in [0.1, 0.15) is 12.0 Å². The Morgan fingerprint density at radius 2 is 1.21 bits per heavy atom. The topological polar surface area (TPSA) is 165 Å². The minimum atomic E-state index is -1.26. The fourth-order valence-corrected chi connectivity index (χ4v) is 4.36. The van der Waals surface area contributed by atoms with Gasteiger partial charge in [0.05, 0.1) is 6.61 Å². The molecule has 1 heterocycles. The maximum absolute atomic E-state index is 13.9. The molecule has 48 heavy (non-hydrogen) atoms. The van der Waals surface area contributed by atoms with Gasteiger partial charge in [-0.3, -0.25) is 4.90 Å². The number of hydrogen-bond acceptors (Lipinski definition) is 7. The average molecular weight is 689 g/mol. The van der Waals surface area contributed by atoms with E-state index in [4.69, 9.17) is 36.8 Å². The number of ether oxygens (including phenoxy) is 1. The average Bonchev–Trinajstić information content (AvgIpc) is 3.04. The van der Waals surface area contributed by atoms with Gasteiger partial charge in [0.1, 0.15) is 17.4 Å². The van der Waals surface area contributed by atoms with Gasteiger partial charge in [-0.25, -0.2) is 28.0 Å². The summed E-state index contributed by atoms with van der Waals surface area (Å²) in [5, 5.41) is 32.0. The molecule has 3 aromatic rings. The van der Waals surface area contributed by atoms with Crippen molar-refractivity contribution in [2.45, 2.75) is 13.0 Å². The van der Waals surface area contributed by atoms with Crippen LogP contribution in [0.15, 0.2) is 91.0 Å². The van der Waals surface area contributed by atoms with E-state index in [2.05, 4.69) is 21.9 Å². The van der Waals surface area contributed by atoms with Gasteiger partial charge in [-0.05, 0) is 53.9 Å². The first kappa shape index (κ1) is 39.1. The quantitative estimate of drug-likeness (QED) is 0.144. The summed E-state index contributed by atoms with van der Waals surface area (Å²) >= 11 is 5.96. The highest BCUT2D eigenvalue weighted by Gasteiger charge is 2.16. The largest absolute Gasteiger partial charge is 0.494 e. The van der Waals surface area contributed by atoms with E-state index in [0.29, 0.717) is 42.0 Å². The van der Waals surface area contributed by atoms with E-state index in [0.717, 1.165) is 62.5 Å². The number of carboxylic acid groups (broad SMARTS) is 4. The summed E-state index contributed by atoms with van der Waals surface area (Å²) in [6.45, 7) is 6.85. The lowest BCUT2D eigenvalue weighted by Gasteiger charge is -2.34. The van der Waals surface area contributed by atoms with E-state index in [1.165, 1.54) is 17.7 Å². The Balaban J connectivity index is 0.000000414. The smallest absolute Gasteiger partial charge is 0.328 e. The van der Waals surface area contributed by atoms with Gasteiger partial charge in [0.25, 0.3) is 0 Å². The molecule has 0 aromatic heterocycles. The van der Waals surface area contributed by atoms with E-state index in [1.807, 2.05) is 24.3 Å². The first-order chi connectivity index (χ1) is 22.8. The highest BCUT2D eigenvalue weighted by molar-refractivity contribution is 6.30. The van der Waals surface area contributed by atoms with Crippen molar-refractivity contribution in [3.8, 4) is 16.9 Å². The molecular formula is C34H35ClF2N2O9. The lowest BCUT2D eigenvalue weighted by Crippen LogP contribution is -2.46. The number of benzene rings is 3. The Labute approximate surface area is 280 Å². The normalized spacial score (nSPS) is 13.2. The van der Waals surface area contributed by atoms with Crippen molar-refractivity contribution in [2.75, 3.05) is 39.3 Å². The number of carbonyl (C=O) groups is 4. The van der Waals surface area contributed by atoms with Crippen molar-refractivity contribution >= 4 is 35.5 Å². The van der Waals surface area contributed by atoms with Crippen molar-refractivity contribution in [3.63, 3.8) is 0 Å². The number of hydrogen-bond donors (Lipinski definition) is 4. The second-order valence-corrected chi connectivity index (χ2v) is 10.6. The maximum atomic E-state index is 13.9. The van der Waals surface area contributed by atoms with Crippen LogP contribution in [0.25, 0.3) is 11.1 Å². The molecule has 4 N–H and O–H groups in total. The molecule has 0 bridgehead atoms. The molecule has 0 amide bonds.